The number of carbonyl (C=O) groups is 1. The highest BCUT2D eigenvalue weighted by Crippen LogP contribution is 2.29. The number of H-pyrrole nitrogens is 1. The number of amides is 1. The van der Waals surface area contributed by atoms with Crippen LogP contribution < -0.4 is 9.47 Å². The maximum absolute atomic E-state index is 13.0. The Bertz CT molecular complexity index is 999. The van der Waals surface area contributed by atoms with Crippen LogP contribution in [0.25, 0.3) is 11.0 Å². The van der Waals surface area contributed by atoms with Crippen molar-refractivity contribution in [2.24, 2.45) is 0 Å². The quantitative estimate of drug-likeness (QED) is 0.678. The summed E-state index contributed by atoms with van der Waals surface area (Å²) in [6.07, 6.45) is 0.929. The van der Waals surface area contributed by atoms with Crippen molar-refractivity contribution in [3.8, 4) is 11.5 Å². The molecule has 0 fully saturated rings. The summed E-state index contributed by atoms with van der Waals surface area (Å²) in [5.41, 5.74) is 2.93. The van der Waals surface area contributed by atoms with Gasteiger partial charge >= 0.3 is 0 Å². The van der Waals surface area contributed by atoms with Gasteiger partial charge in [0.05, 0.1) is 31.2 Å². The van der Waals surface area contributed by atoms with Gasteiger partial charge in [-0.15, -0.1) is 0 Å². The van der Waals surface area contributed by atoms with Crippen molar-refractivity contribution in [3.05, 3.63) is 53.9 Å². The monoisotopic (exact) mass is 408 g/mol. The molecule has 7 heteroatoms. The lowest BCUT2D eigenvalue weighted by Crippen LogP contribution is -2.41. The maximum atomic E-state index is 13.0. The zero-order chi connectivity index (χ0) is 21.1. The van der Waals surface area contributed by atoms with Gasteiger partial charge in [0.2, 0.25) is 5.91 Å². The Morgan fingerprint density at radius 3 is 2.93 bits per heavy atom. The third-order valence-corrected chi connectivity index (χ3v) is 5.48. The Labute approximate surface area is 176 Å². The van der Waals surface area contributed by atoms with Gasteiger partial charge in [0.1, 0.15) is 23.4 Å². The van der Waals surface area contributed by atoms with E-state index in [-0.39, 0.29) is 12.0 Å². The molecule has 2 heterocycles. The number of para-hydroxylation sites is 2. The van der Waals surface area contributed by atoms with Gasteiger partial charge in [-0.3, -0.25) is 9.69 Å². The average Bonchev–Trinajstić information content (AvgIpc) is 3.07. The number of fused-ring (bicyclic) bond motifs is 2. The lowest BCUT2D eigenvalue weighted by Gasteiger charge is -2.25. The van der Waals surface area contributed by atoms with Gasteiger partial charge in [-0.05, 0) is 36.8 Å². The molecule has 1 unspecified atom stereocenters. The molecule has 7 nitrogen and oxygen atoms in total. The van der Waals surface area contributed by atoms with Crippen LogP contribution in [-0.4, -0.2) is 59.0 Å². The fraction of sp³-hybridized carbons (Fsp3) is 0.391. The van der Waals surface area contributed by atoms with E-state index in [1.807, 2.05) is 49.5 Å². The van der Waals surface area contributed by atoms with Crippen LogP contribution in [0.4, 0.5) is 0 Å². The lowest BCUT2D eigenvalue weighted by molar-refractivity contribution is -0.132. The minimum Gasteiger partial charge on any atom is -0.497 e. The van der Waals surface area contributed by atoms with E-state index >= 15 is 0 Å². The van der Waals surface area contributed by atoms with Gasteiger partial charge < -0.3 is 19.4 Å². The first-order valence-corrected chi connectivity index (χ1v) is 10.3. The molecule has 0 saturated carbocycles. The zero-order valence-electron chi connectivity index (χ0n) is 17.7. The van der Waals surface area contributed by atoms with Gasteiger partial charge in [0.25, 0.3) is 0 Å². The summed E-state index contributed by atoms with van der Waals surface area (Å²) < 4.78 is 11.5. The molecule has 1 atom stereocenters. The van der Waals surface area contributed by atoms with Crippen LogP contribution in [0.2, 0.25) is 0 Å². The molecular weight excluding hydrogens is 380 g/mol. The van der Waals surface area contributed by atoms with Crippen molar-refractivity contribution in [2.75, 3.05) is 27.2 Å². The number of aromatic amines is 1. The van der Waals surface area contributed by atoms with Gasteiger partial charge in [-0.25, -0.2) is 4.98 Å². The predicted octanol–water partition coefficient (Wildman–Crippen LogP) is 3.20. The Hall–Kier alpha value is -3.06. The lowest BCUT2D eigenvalue weighted by atomic mass is 10.1. The molecule has 1 aromatic heterocycles. The molecule has 1 aliphatic rings. The number of nitrogens with one attached hydrogen (secondary N) is 1. The van der Waals surface area contributed by atoms with Crippen LogP contribution in [0.1, 0.15) is 24.7 Å². The molecule has 0 radical (unpaired) electrons. The minimum absolute atomic E-state index is 0.0492. The molecule has 2 aromatic carbocycles. The van der Waals surface area contributed by atoms with Crippen LogP contribution >= 0.6 is 0 Å². The number of aromatic nitrogens is 2. The molecule has 30 heavy (non-hydrogen) atoms. The summed E-state index contributed by atoms with van der Waals surface area (Å²) in [5.74, 6) is 2.50. The van der Waals surface area contributed by atoms with E-state index in [9.17, 15) is 4.79 Å². The normalized spacial score (nSPS) is 16.6. The Morgan fingerprint density at radius 1 is 1.33 bits per heavy atom. The predicted molar refractivity (Wildman–Crippen MR) is 116 cm³/mol. The van der Waals surface area contributed by atoms with E-state index in [0.717, 1.165) is 40.3 Å². The summed E-state index contributed by atoms with van der Waals surface area (Å²) in [6.45, 7) is 4.23. The van der Waals surface area contributed by atoms with E-state index in [1.54, 1.807) is 12.0 Å². The smallest absolute Gasteiger partial charge is 0.236 e. The van der Waals surface area contributed by atoms with Crippen molar-refractivity contribution in [1.82, 2.24) is 19.8 Å². The fourth-order valence-corrected chi connectivity index (χ4v) is 3.77. The van der Waals surface area contributed by atoms with E-state index in [1.165, 1.54) is 0 Å². The topological polar surface area (TPSA) is 70.7 Å². The number of rotatable bonds is 6. The van der Waals surface area contributed by atoms with Crippen molar-refractivity contribution in [3.63, 3.8) is 0 Å². The Morgan fingerprint density at radius 2 is 2.17 bits per heavy atom. The number of hydrogen-bond acceptors (Lipinski definition) is 5. The van der Waals surface area contributed by atoms with E-state index < -0.39 is 0 Å². The van der Waals surface area contributed by atoms with Crippen molar-refractivity contribution < 1.29 is 14.3 Å². The number of carbonyl (C=O) groups excluding carboxylic acids is 1. The number of imidazole rings is 1. The third-order valence-electron chi connectivity index (χ3n) is 5.48. The summed E-state index contributed by atoms with van der Waals surface area (Å²) in [4.78, 5) is 24.7. The highest BCUT2D eigenvalue weighted by Gasteiger charge is 2.25. The molecule has 0 bridgehead atoms. The van der Waals surface area contributed by atoms with Crippen LogP contribution in [0, 0.1) is 0 Å². The van der Waals surface area contributed by atoms with Gasteiger partial charge in [0, 0.05) is 25.7 Å². The summed E-state index contributed by atoms with van der Waals surface area (Å²) in [7, 11) is 3.47. The molecule has 158 valence electrons. The van der Waals surface area contributed by atoms with Crippen LogP contribution in [-0.2, 0) is 17.9 Å². The largest absolute Gasteiger partial charge is 0.497 e. The first kappa shape index (κ1) is 20.2. The first-order chi connectivity index (χ1) is 14.6. The van der Waals surface area contributed by atoms with Crippen molar-refractivity contribution in [1.29, 1.82) is 0 Å². The standard InChI is InChI=1S/C23H28N4O3/c1-4-17-13-27(12-16-11-18(29-3)9-10-21(16)30-17)15-23(28)26(2)14-22-24-19-7-5-6-8-20(19)25-22/h5-11,17H,4,12-15H2,1-3H3,(H,24,25). The SMILES string of the molecule is CCC1CN(CC(=O)N(C)Cc2nc3ccccc3[nH]2)Cc2cc(OC)ccc2O1. The molecule has 1 aliphatic heterocycles. The van der Waals surface area contributed by atoms with E-state index in [2.05, 4.69) is 21.8 Å². The molecule has 0 aliphatic carbocycles. The fourth-order valence-electron chi connectivity index (χ4n) is 3.77. The van der Waals surface area contributed by atoms with Crippen molar-refractivity contribution in [2.45, 2.75) is 32.5 Å². The summed E-state index contributed by atoms with van der Waals surface area (Å²) in [5, 5.41) is 0. The number of benzene rings is 2. The second kappa shape index (κ2) is 8.75. The highest BCUT2D eigenvalue weighted by molar-refractivity contribution is 5.78. The summed E-state index contributed by atoms with van der Waals surface area (Å²) >= 11 is 0. The number of nitrogens with zero attached hydrogens (tertiary/aromatic N) is 3. The molecule has 0 saturated heterocycles. The molecular formula is C23H28N4O3. The number of likely N-dealkylation sites (N-methyl/N-ethyl adjacent to an activating group) is 1. The van der Waals surface area contributed by atoms with Crippen LogP contribution in [0.3, 0.4) is 0 Å². The van der Waals surface area contributed by atoms with Gasteiger partial charge in [-0.1, -0.05) is 19.1 Å². The number of ether oxygens (including phenoxy) is 2. The maximum Gasteiger partial charge on any atom is 0.236 e. The van der Waals surface area contributed by atoms with Gasteiger partial charge in [-0.2, -0.15) is 0 Å². The van der Waals surface area contributed by atoms with E-state index in [0.29, 0.717) is 26.2 Å². The molecule has 4 rings (SSSR count). The highest BCUT2D eigenvalue weighted by atomic mass is 16.5. The Balaban J connectivity index is 1.45. The Kier molecular flexibility index (Phi) is 5.90. The molecule has 1 N–H and O–H groups in total. The number of methoxy groups -OCH3 is 1. The molecule has 3 aromatic rings. The summed E-state index contributed by atoms with van der Waals surface area (Å²) in [6, 6.07) is 13.7. The second-order valence-electron chi connectivity index (χ2n) is 7.74. The number of hydrogen-bond donors (Lipinski definition) is 1. The van der Waals surface area contributed by atoms with E-state index in [4.69, 9.17) is 9.47 Å². The average molecular weight is 409 g/mol. The molecule has 0 spiro atoms. The third kappa shape index (κ3) is 4.41. The minimum atomic E-state index is 0.0492. The van der Waals surface area contributed by atoms with Crippen LogP contribution in [0.5, 0.6) is 11.5 Å². The van der Waals surface area contributed by atoms with Crippen LogP contribution in [0.15, 0.2) is 42.5 Å². The van der Waals surface area contributed by atoms with Crippen molar-refractivity contribution >= 4 is 16.9 Å². The first-order valence-electron chi connectivity index (χ1n) is 10.3. The molecule has 1 amide bonds. The zero-order valence-corrected chi connectivity index (χ0v) is 17.7. The van der Waals surface area contributed by atoms with Gasteiger partial charge in [0.15, 0.2) is 0 Å². The second-order valence-corrected chi connectivity index (χ2v) is 7.74.